The van der Waals surface area contributed by atoms with E-state index in [-0.39, 0.29) is 5.97 Å². The SMILES string of the molecule is CCOC(=O)CCCNC1CCCc2cc(OC)ccc21. The molecule has 21 heavy (non-hydrogen) atoms. The van der Waals surface area contributed by atoms with Gasteiger partial charge in [-0.2, -0.15) is 0 Å². The number of fused-ring (bicyclic) bond motifs is 1. The van der Waals surface area contributed by atoms with Crippen LogP contribution in [0.15, 0.2) is 18.2 Å². The van der Waals surface area contributed by atoms with Gasteiger partial charge in [-0.1, -0.05) is 6.07 Å². The van der Waals surface area contributed by atoms with Gasteiger partial charge in [0.05, 0.1) is 13.7 Å². The summed E-state index contributed by atoms with van der Waals surface area (Å²) in [5.41, 5.74) is 2.75. The quantitative estimate of drug-likeness (QED) is 0.619. The van der Waals surface area contributed by atoms with Gasteiger partial charge in [0.1, 0.15) is 5.75 Å². The number of nitrogens with one attached hydrogen (secondary N) is 1. The van der Waals surface area contributed by atoms with Gasteiger partial charge in [-0.05, 0) is 62.4 Å². The molecule has 1 aromatic rings. The van der Waals surface area contributed by atoms with E-state index < -0.39 is 0 Å². The van der Waals surface area contributed by atoms with Crippen molar-refractivity contribution < 1.29 is 14.3 Å². The molecule has 1 aliphatic rings. The van der Waals surface area contributed by atoms with Crippen LogP contribution < -0.4 is 10.1 Å². The molecular weight excluding hydrogens is 266 g/mol. The lowest BCUT2D eigenvalue weighted by atomic mass is 9.87. The Labute approximate surface area is 126 Å². The van der Waals surface area contributed by atoms with Crippen LogP contribution in [-0.4, -0.2) is 26.2 Å². The largest absolute Gasteiger partial charge is 0.497 e. The zero-order valence-electron chi connectivity index (χ0n) is 13.0. The van der Waals surface area contributed by atoms with Gasteiger partial charge in [0.15, 0.2) is 0 Å². The second-order valence-corrected chi connectivity index (χ2v) is 5.37. The van der Waals surface area contributed by atoms with Crippen molar-refractivity contribution in [3.63, 3.8) is 0 Å². The van der Waals surface area contributed by atoms with Gasteiger partial charge < -0.3 is 14.8 Å². The zero-order valence-corrected chi connectivity index (χ0v) is 13.0. The fourth-order valence-electron chi connectivity index (χ4n) is 2.87. The molecule has 0 fully saturated rings. The van der Waals surface area contributed by atoms with Crippen molar-refractivity contribution in [3.05, 3.63) is 29.3 Å². The van der Waals surface area contributed by atoms with Gasteiger partial charge in [-0.3, -0.25) is 4.79 Å². The van der Waals surface area contributed by atoms with E-state index in [0.717, 1.165) is 31.6 Å². The van der Waals surface area contributed by atoms with Crippen LogP contribution in [0, 0.1) is 0 Å². The lowest BCUT2D eigenvalue weighted by Crippen LogP contribution is -2.26. The van der Waals surface area contributed by atoms with Crippen molar-refractivity contribution in [1.29, 1.82) is 0 Å². The lowest BCUT2D eigenvalue weighted by molar-refractivity contribution is -0.143. The van der Waals surface area contributed by atoms with Crippen molar-refractivity contribution in [2.45, 2.75) is 45.1 Å². The Morgan fingerprint density at radius 2 is 2.29 bits per heavy atom. The third-order valence-corrected chi connectivity index (χ3v) is 3.92. The minimum atomic E-state index is -0.104. The second-order valence-electron chi connectivity index (χ2n) is 5.37. The Balaban J connectivity index is 1.84. The molecule has 1 N–H and O–H groups in total. The molecule has 0 radical (unpaired) electrons. The third kappa shape index (κ3) is 4.46. The number of rotatable bonds is 7. The van der Waals surface area contributed by atoms with Gasteiger partial charge in [0.25, 0.3) is 0 Å². The van der Waals surface area contributed by atoms with E-state index in [1.54, 1.807) is 7.11 Å². The van der Waals surface area contributed by atoms with Crippen LogP contribution in [0.25, 0.3) is 0 Å². The summed E-state index contributed by atoms with van der Waals surface area (Å²) in [6.07, 6.45) is 4.77. The fourth-order valence-corrected chi connectivity index (χ4v) is 2.87. The number of ether oxygens (including phenoxy) is 2. The predicted octanol–water partition coefficient (Wildman–Crippen LogP) is 3.01. The molecule has 116 valence electrons. The number of benzene rings is 1. The normalized spacial score (nSPS) is 17.1. The number of hydrogen-bond acceptors (Lipinski definition) is 4. The number of carbonyl (C=O) groups is 1. The van der Waals surface area contributed by atoms with E-state index in [0.29, 0.717) is 19.1 Å². The molecule has 0 amide bonds. The summed E-state index contributed by atoms with van der Waals surface area (Å²) < 4.78 is 10.2. The molecule has 4 heteroatoms. The van der Waals surface area contributed by atoms with Gasteiger partial charge in [0.2, 0.25) is 0 Å². The smallest absolute Gasteiger partial charge is 0.305 e. The first-order valence-corrected chi connectivity index (χ1v) is 7.80. The Morgan fingerprint density at radius 1 is 1.43 bits per heavy atom. The first-order valence-electron chi connectivity index (χ1n) is 7.80. The predicted molar refractivity (Wildman–Crippen MR) is 82.5 cm³/mol. The van der Waals surface area contributed by atoms with E-state index in [1.165, 1.54) is 17.5 Å². The first-order chi connectivity index (χ1) is 10.2. The number of esters is 1. The number of hydrogen-bond donors (Lipinski definition) is 1. The van der Waals surface area contributed by atoms with Crippen molar-refractivity contribution >= 4 is 5.97 Å². The molecule has 0 aliphatic heterocycles. The highest BCUT2D eigenvalue weighted by Gasteiger charge is 2.20. The summed E-state index contributed by atoms with van der Waals surface area (Å²) in [5.74, 6) is 0.824. The second kappa shape index (κ2) is 8.03. The molecular formula is C17H25NO3. The van der Waals surface area contributed by atoms with Crippen molar-refractivity contribution in [2.75, 3.05) is 20.3 Å². The highest BCUT2D eigenvalue weighted by atomic mass is 16.5. The molecule has 0 saturated heterocycles. The van der Waals surface area contributed by atoms with Crippen LogP contribution in [0.1, 0.15) is 49.8 Å². The Bertz CT molecular complexity index is 473. The van der Waals surface area contributed by atoms with Gasteiger partial charge in [-0.15, -0.1) is 0 Å². The highest BCUT2D eigenvalue weighted by molar-refractivity contribution is 5.69. The molecule has 4 nitrogen and oxygen atoms in total. The van der Waals surface area contributed by atoms with E-state index in [2.05, 4.69) is 17.4 Å². The molecule has 2 rings (SSSR count). The first kappa shape index (κ1) is 15.8. The summed E-state index contributed by atoms with van der Waals surface area (Å²) in [4.78, 5) is 11.3. The van der Waals surface area contributed by atoms with Crippen molar-refractivity contribution in [2.24, 2.45) is 0 Å². The topological polar surface area (TPSA) is 47.6 Å². The van der Waals surface area contributed by atoms with Crippen LogP contribution in [-0.2, 0) is 16.0 Å². The number of methoxy groups -OCH3 is 1. The van der Waals surface area contributed by atoms with E-state index >= 15 is 0 Å². The maximum Gasteiger partial charge on any atom is 0.305 e. The molecule has 1 unspecified atom stereocenters. The number of carbonyl (C=O) groups excluding carboxylic acids is 1. The number of aryl methyl sites for hydroxylation is 1. The summed E-state index contributed by atoms with van der Waals surface area (Å²) in [7, 11) is 1.70. The maximum absolute atomic E-state index is 11.3. The average Bonchev–Trinajstić information content (AvgIpc) is 2.51. The lowest BCUT2D eigenvalue weighted by Gasteiger charge is -2.27. The Kier molecular flexibility index (Phi) is 6.05. The molecule has 1 atom stereocenters. The molecule has 1 aromatic carbocycles. The Hall–Kier alpha value is -1.55. The van der Waals surface area contributed by atoms with E-state index in [4.69, 9.17) is 9.47 Å². The van der Waals surface area contributed by atoms with Gasteiger partial charge >= 0.3 is 5.97 Å². The molecule has 0 bridgehead atoms. The van der Waals surface area contributed by atoms with Crippen LogP contribution in [0.2, 0.25) is 0 Å². The summed E-state index contributed by atoms with van der Waals surface area (Å²) >= 11 is 0. The molecule has 0 heterocycles. The van der Waals surface area contributed by atoms with Gasteiger partial charge in [0, 0.05) is 12.5 Å². The fraction of sp³-hybridized carbons (Fsp3) is 0.588. The third-order valence-electron chi connectivity index (χ3n) is 3.92. The van der Waals surface area contributed by atoms with Crippen molar-refractivity contribution in [3.8, 4) is 5.75 Å². The van der Waals surface area contributed by atoms with Gasteiger partial charge in [-0.25, -0.2) is 0 Å². The van der Waals surface area contributed by atoms with E-state index in [1.807, 2.05) is 13.0 Å². The minimum Gasteiger partial charge on any atom is -0.497 e. The molecule has 0 saturated carbocycles. The monoisotopic (exact) mass is 291 g/mol. The Morgan fingerprint density at radius 3 is 3.05 bits per heavy atom. The zero-order chi connectivity index (χ0) is 15.1. The van der Waals surface area contributed by atoms with Crippen LogP contribution in [0.5, 0.6) is 5.75 Å². The highest BCUT2D eigenvalue weighted by Crippen LogP contribution is 2.32. The summed E-state index contributed by atoms with van der Waals surface area (Å²) in [6, 6.07) is 6.72. The van der Waals surface area contributed by atoms with Crippen LogP contribution in [0.4, 0.5) is 0 Å². The average molecular weight is 291 g/mol. The molecule has 0 spiro atoms. The van der Waals surface area contributed by atoms with E-state index in [9.17, 15) is 4.79 Å². The molecule has 1 aliphatic carbocycles. The standard InChI is InChI=1S/C17H25NO3/c1-3-21-17(19)8-5-11-18-16-7-4-6-13-12-14(20-2)9-10-15(13)16/h9-10,12,16,18H,3-8,11H2,1-2H3. The summed E-state index contributed by atoms with van der Waals surface area (Å²) in [5, 5.41) is 3.56. The maximum atomic E-state index is 11.3. The van der Waals surface area contributed by atoms with Crippen LogP contribution in [0.3, 0.4) is 0 Å². The van der Waals surface area contributed by atoms with Crippen molar-refractivity contribution in [1.82, 2.24) is 5.32 Å². The molecule has 0 aromatic heterocycles. The summed E-state index contributed by atoms with van der Waals surface area (Å²) in [6.45, 7) is 3.14. The van der Waals surface area contributed by atoms with Crippen LogP contribution >= 0.6 is 0 Å². The minimum absolute atomic E-state index is 0.104.